The van der Waals surface area contributed by atoms with Crippen molar-refractivity contribution in [2.24, 2.45) is 11.5 Å². The van der Waals surface area contributed by atoms with Crippen molar-refractivity contribution in [2.75, 3.05) is 6.54 Å². The van der Waals surface area contributed by atoms with Crippen molar-refractivity contribution in [1.29, 1.82) is 0 Å². The molecular formula is C21H34N4O2. The second kappa shape index (κ2) is 11.7. The van der Waals surface area contributed by atoms with Crippen molar-refractivity contribution in [3.8, 4) is 0 Å². The molecule has 27 heavy (non-hydrogen) atoms. The van der Waals surface area contributed by atoms with Crippen molar-refractivity contribution >= 4 is 11.8 Å². The summed E-state index contributed by atoms with van der Waals surface area (Å²) in [5.41, 5.74) is 12.6. The highest BCUT2D eigenvalue weighted by Crippen LogP contribution is 2.17. The van der Waals surface area contributed by atoms with Gasteiger partial charge in [-0.3, -0.25) is 9.59 Å². The number of benzene rings is 1. The summed E-state index contributed by atoms with van der Waals surface area (Å²) in [6, 6.07) is 9.01. The third-order valence-corrected chi connectivity index (χ3v) is 5.21. The molecule has 0 aliphatic heterocycles. The van der Waals surface area contributed by atoms with Crippen molar-refractivity contribution < 1.29 is 9.59 Å². The Labute approximate surface area is 162 Å². The molecule has 1 unspecified atom stereocenters. The van der Waals surface area contributed by atoms with E-state index in [1.54, 1.807) is 0 Å². The van der Waals surface area contributed by atoms with Crippen LogP contribution in [0.2, 0.25) is 0 Å². The summed E-state index contributed by atoms with van der Waals surface area (Å²) in [7, 11) is 0. The maximum Gasteiger partial charge on any atom is 0.242 e. The van der Waals surface area contributed by atoms with Gasteiger partial charge in [-0.05, 0) is 50.6 Å². The Morgan fingerprint density at radius 1 is 1.04 bits per heavy atom. The third-order valence-electron chi connectivity index (χ3n) is 5.21. The standard InChI is InChI=1S/C21H34N4O2/c22-15-7-12-18(23)20(26)25-19(14-13-16-8-3-1-4-9-16)21(27)24-17-10-5-2-6-11-17/h1,3-4,8-9,17-19H,2,5-7,10-15,22-23H2,(H,24,27)(H,25,26)/t18-,19?/m1/s1. The van der Waals surface area contributed by atoms with Gasteiger partial charge < -0.3 is 22.1 Å². The van der Waals surface area contributed by atoms with Crippen LogP contribution >= 0.6 is 0 Å². The van der Waals surface area contributed by atoms with Crippen LogP contribution in [-0.4, -0.2) is 36.5 Å². The van der Waals surface area contributed by atoms with E-state index in [4.69, 9.17) is 11.5 Å². The van der Waals surface area contributed by atoms with Crippen LogP contribution in [0, 0.1) is 0 Å². The van der Waals surface area contributed by atoms with E-state index in [2.05, 4.69) is 10.6 Å². The first kappa shape index (κ1) is 21.4. The molecule has 1 aromatic rings. The third kappa shape index (κ3) is 7.69. The molecule has 1 aromatic carbocycles. The number of amides is 2. The second-order valence-corrected chi connectivity index (χ2v) is 7.47. The highest BCUT2D eigenvalue weighted by Gasteiger charge is 2.25. The number of nitrogens with two attached hydrogens (primary N) is 2. The zero-order chi connectivity index (χ0) is 19.5. The quantitative estimate of drug-likeness (QED) is 0.499. The van der Waals surface area contributed by atoms with Crippen LogP contribution in [-0.2, 0) is 16.0 Å². The summed E-state index contributed by atoms with van der Waals surface area (Å²) < 4.78 is 0. The van der Waals surface area contributed by atoms with Crippen molar-refractivity contribution in [3.05, 3.63) is 35.9 Å². The van der Waals surface area contributed by atoms with Crippen molar-refractivity contribution in [1.82, 2.24) is 10.6 Å². The topological polar surface area (TPSA) is 110 Å². The van der Waals surface area contributed by atoms with Gasteiger partial charge in [-0.2, -0.15) is 0 Å². The lowest BCUT2D eigenvalue weighted by Crippen LogP contribution is -2.53. The minimum absolute atomic E-state index is 0.0998. The lowest BCUT2D eigenvalue weighted by Gasteiger charge is -2.26. The molecule has 0 spiro atoms. The molecule has 0 bridgehead atoms. The summed E-state index contributed by atoms with van der Waals surface area (Å²) in [5.74, 6) is -0.377. The average molecular weight is 375 g/mol. The van der Waals surface area contributed by atoms with Gasteiger partial charge in [0.15, 0.2) is 0 Å². The van der Waals surface area contributed by atoms with Crippen LogP contribution in [0.4, 0.5) is 0 Å². The van der Waals surface area contributed by atoms with Crippen LogP contribution in [0.3, 0.4) is 0 Å². The van der Waals surface area contributed by atoms with E-state index < -0.39 is 12.1 Å². The zero-order valence-electron chi connectivity index (χ0n) is 16.2. The molecule has 1 saturated carbocycles. The highest BCUT2D eigenvalue weighted by molar-refractivity contribution is 5.89. The first-order chi connectivity index (χ1) is 13.1. The Bertz CT molecular complexity index is 573. The molecule has 0 heterocycles. The van der Waals surface area contributed by atoms with Crippen molar-refractivity contribution in [3.63, 3.8) is 0 Å². The number of hydrogen-bond acceptors (Lipinski definition) is 4. The predicted octanol–water partition coefficient (Wildman–Crippen LogP) is 1.62. The molecular weight excluding hydrogens is 340 g/mol. The van der Waals surface area contributed by atoms with Gasteiger partial charge in [0.1, 0.15) is 6.04 Å². The van der Waals surface area contributed by atoms with E-state index in [1.807, 2.05) is 30.3 Å². The number of nitrogens with one attached hydrogen (secondary N) is 2. The summed E-state index contributed by atoms with van der Waals surface area (Å²) in [5, 5.41) is 6.00. The normalized spacial score (nSPS) is 17.1. The van der Waals surface area contributed by atoms with E-state index in [0.717, 1.165) is 37.7 Å². The smallest absolute Gasteiger partial charge is 0.242 e. The Morgan fingerprint density at radius 2 is 1.74 bits per heavy atom. The lowest BCUT2D eigenvalue weighted by molar-refractivity contribution is -0.130. The molecule has 6 heteroatoms. The van der Waals surface area contributed by atoms with Crippen LogP contribution in [0.25, 0.3) is 0 Å². The van der Waals surface area contributed by atoms with Gasteiger partial charge >= 0.3 is 0 Å². The van der Waals surface area contributed by atoms with Gasteiger partial charge in [0.2, 0.25) is 11.8 Å². The second-order valence-electron chi connectivity index (χ2n) is 7.47. The van der Waals surface area contributed by atoms with Gasteiger partial charge in [-0.25, -0.2) is 0 Å². The van der Waals surface area contributed by atoms with E-state index in [0.29, 0.717) is 25.8 Å². The fraction of sp³-hybridized carbons (Fsp3) is 0.619. The van der Waals surface area contributed by atoms with Gasteiger partial charge in [0.25, 0.3) is 0 Å². The average Bonchev–Trinajstić information content (AvgIpc) is 2.70. The Morgan fingerprint density at radius 3 is 2.41 bits per heavy atom. The first-order valence-electron chi connectivity index (χ1n) is 10.2. The van der Waals surface area contributed by atoms with Crippen LogP contribution in [0.5, 0.6) is 0 Å². The predicted molar refractivity (Wildman–Crippen MR) is 108 cm³/mol. The monoisotopic (exact) mass is 374 g/mol. The van der Waals surface area contributed by atoms with Crippen molar-refractivity contribution in [2.45, 2.75) is 75.9 Å². The highest BCUT2D eigenvalue weighted by atomic mass is 16.2. The molecule has 2 atom stereocenters. The molecule has 0 aromatic heterocycles. The maximum atomic E-state index is 12.8. The molecule has 0 radical (unpaired) electrons. The Kier molecular flexibility index (Phi) is 9.28. The van der Waals surface area contributed by atoms with Crippen LogP contribution in [0.15, 0.2) is 30.3 Å². The molecule has 6 nitrogen and oxygen atoms in total. The van der Waals surface area contributed by atoms with Gasteiger partial charge in [-0.1, -0.05) is 49.6 Å². The largest absolute Gasteiger partial charge is 0.352 e. The zero-order valence-corrected chi connectivity index (χ0v) is 16.2. The van der Waals surface area contributed by atoms with E-state index in [9.17, 15) is 9.59 Å². The Balaban J connectivity index is 1.95. The van der Waals surface area contributed by atoms with E-state index in [-0.39, 0.29) is 17.9 Å². The number of hydrogen-bond donors (Lipinski definition) is 4. The first-order valence-corrected chi connectivity index (χ1v) is 10.2. The molecule has 1 aliphatic rings. The molecule has 0 saturated heterocycles. The molecule has 150 valence electrons. The van der Waals surface area contributed by atoms with Crippen LogP contribution < -0.4 is 22.1 Å². The molecule has 1 aliphatic carbocycles. The number of rotatable bonds is 10. The number of carbonyl (C=O) groups is 2. The van der Waals surface area contributed by atoms with Crippen LogP contribution in [0.1, 0.15) is 56.9 Å². The van der Waals surface area contributed by atoms with E-state index in [1.165, 1.54) is 6.42 Å². The maximum absolute atomic E-state index is 12.8. The van der Waals surface area contributed by atoms with Gasteiger partial charge in [0, 0.05) is 6.04 Å². The van der Waals surface area contributed by atoms with Gasteiger partial charge in [-0.15, -0.1) is 0 Å². The minimum atomic E-state index is -0.629. The summed E-state index contributed by atoms with van der Waals surface area (Å²) >= 11 is 0. The molecule has 2 amide bonds. The summed E-state index contributed by atoms with van der Waals surface area (Å²) in [6.07, 6.45) is 8.06. The Hall–Kier alpha value is -1.92. The minimum Gasteiger partial charge on any atom is -0.352 e. The van der Waals surface area contributed by atoms with Gasteiger partial charge in [0.05, 0.1) is 6.04 Å². The van der Waals surface area contributed by atoms with E-state index >= 15 is 0 Å². The molecule has 6 N–H and O–H groups in total. The molecule has 2 rings (SSSR count). The SMILES string of the molecule is NCCC[C@@H](N)C(=O)NC(CCc1ccccc1)C(=O)NC1CCCCC1. The summed E-state index contributed by atoms with van der Waals surface area (Å²) in [6.45, 7) is 0.501. The number of carbonyl (C=O) groups excluding carboxylic acids is 2. The number of aryl methyl sites for hydroxylation is 1. The fourth-order valence-corrected chi connectivity index (χ4v) is 3.52. The summed E-state index contributed by atoms with van der Waals surface area (Å²) in [4.78, 5) is 25.2. The lowest BCUT2D eigenvalue weighted by atomic mass is 9.95. The molecule has 1 fully saturated rings. The fourth-order valence-electron chi connectivity index (χ4n) is 3.52.